The van der Waals surface area contributed by atoms with Crippen LogP contribution in [0, 0.1) is 0 Å². The maximum absolute atomic E-state index is 5.99. The van der Waals surface area contributed by atoms with Crippen molar-refractivity contribution < 1.29 is 4.74 Å². The Bertz CT molecular complexity index is 611. The molecule has 1 aliphatic rings. The number of methoxy groups -OCH3 is 1. The fourth-order valence-electron chi connectivity index (χ4n) is 2.58. The van der Waals surface area contributed by atoms with Crippen LogP contribution in [0.1, 0.15) is 0 Å². The average Bonchev–Trinajstić information content (AvgIpc) is 2.55. The Morgan fingerprint density at radius 2 is 1.52 bits per heavy atom. The molecular formula is C15H19N5O. The molecule has 2 N–H and O–H groups in total. The van der Waals surface area contributed by atoms with Gasteiger partial charge < -0.3 is 20.3 Å². The molecule has 0 amide bonds. The molecule has 0 spiro atoms. The Morgan fingerprint density at radius 1 is 0.952 bits per heavy atom. The lowest BCUT2D eigenvalue weighted by molar-refractivity contribution is 0.411. The molecule has 3 rings (SSSR count). The summed E-state index contributed by atoms with van der Waals surface area (Å²) in [5.41, 5.74) is 6.72. The van der Waals surface area contributed by atoms with E-state index in [0.29, 0.717) is 0 Å². The van der Waals surface area contributed by atoms with Gasteiger partial charge in [0.15, 0.2) is 17.4 Å². The van der Waals surface area contributed by atoms with Crippen LogP contribution < -0.4 is 20.3 Å². The molecule has 0 saturated carbocycles. The Kier molecular flexibility index (Phi) is 3.77. The number of nitrogens with two attached hydrogens (primary N) is 1. The Balaban J connectivity index is 1.72. The van der Waals surface area contributed by atoms with E-state index in [2.05, 4.69) is 19.8 Å². The third-order valence-corrected chi connectivity index (χ3v) is 3.67. The highest BCUT2D eigenvalue weighted by atomic mass is 16.5. The topological polar surface area (TPSA) is 67.5 Å². The summed E-state index contributed by atoms with van der Waals surface area (Å²) in [7, 11) is 1.67. The number of nitrogen functional groups attached to an aromatic ring is 1. The van der Waals surface area contributed by atoms with E-state index in [1.54, 1.807) is 19.5 Å². The summed E-state index contributed by atoms with van der Waals surface area (Å²) < 4.78 is 5.38. The van der Waals surface area contributed by atoms with Gasteiger partial charge in [0.1, 0.15) is 0 Å². The standard InChI is InChI=1S/C15H19N5O/c1-21-13-5-3-7-18-15(13)20-10-8-19(9-11-20)14-12(16)4-2-6-17-14/h2-7H,8-11,16H2,1H3. The number of ether oxygens (including phenoxy) is 1. The smallest absolute Gasteiger partial charge is 0.171 e. The number of nitrogens with zero attached hydrogens (tertiary/aromatic N) is 4. The summed E-state index contributed by atoms with van der Waals surface area (Å²) in [6.45, 7) is 3.45. The molecule has 1 fully saturated rings. The number of hydrogen-bond donors (Lipinski definition) is 1. The number of hydrogen-bond acceptors (Lipinski definition) is 6. The average molecular weight is 285 g/mol. The first-order chi connectivity index (χ1) is 10.3. The summed E-state index contributed by atoms with van der Waals surface area (Å²) in [6.07, 6.45) is 3.57. The summed E-state index contributed by atoms with van der Waals surface area (Å²) in [4.78, 5) is 13.2. The van der Waals surface area contributed by atoms with Crippen molar-refractivity contribution in [2.45, 2.75) is 0 Å². The van der Waals surface area contributed by atoms with E-state index < -0.39 is 0 Å². The fourth-order valence-corrected chi connectivity index (χ4v) is 2.58. The number of anilines is 3. The normalized spacial score (nSPS) is 15.1. The molecule has 0 aromatic carbocycles. The van der Waals surface area contributed by atoms with Crippen molar-refractivity contribution >= 4 is 17.3 Å². The van der Waals surface area contributed by atoms with Crippen molar-refractivity contribution in [3.63, 3.8) is 0 Å². The number of piperazine rings is 1. The van der Waals surface area contributed by atoms with Crippen LogP contribution in [-0.2, 0) is 0 Å². The van der Waals surface area contributed by atoms with Crippen molar-refractivity contribution in [2.75, 3.05) is 48.8 Å². The molecule has 0 radical (unpaired) electrons. The molecule has 0 atom stereocenters. The molecule has 21 heavy (non-hydrogen) atoms. The summed E-state index contributed by atoms with van der Waals surface area (Å²) >= 11 is 0. The molecule has 6 nitrogen and oxygen atoms in total. The van der Waals surface area contributed by atoms with Crippen LogP contribution in [0.4, 0.5) is 17.3 Å². The molecule has 3 heterocycles. The first-order valence-electron chi connectivity index (χ1n) is 6.99. The highest BCUT2D eigenvalue weighted by molar-refractivity contribution is 5.63. The summed E-state index contributed by atoms with van der Waals surface area (Å²) in [5.74, 6) is 2.57. The lowest BCUT2D eigenvalue weighted by Crippen LogP contribution is -2.47. The highest BCUT2D eigenvalue weighted by Gasteiger charge is 2.22. The zero-order valence-electron chi connectivity index (χ0n) is 12.1. The maximum atomic E-state index is 5.99. The molecule has 110 valence electrons. The van der Waals surface area contributed by atoms with Gasteiger partial charge >= 0.3 is 0 Å². The predicted molar refractivity (Wildman–Crippen MR) is 83.9 cm³/mol. The first-order valence-corrected chi connectivity index (χ1v) is 6.99. The van der Waals surface area contributed by atoms with Crippen LogP contribution >= 0.6 is 0 Å². The van der Waals surface area contributed by atoms with Crippen molar-refractivity contribution in [1.29, 1.82) is 0 Å². The van der Waals surface area contributed by atoms with E-state index in [1.807, 2.05) is 24.3 Å². The maximum Gasteiger partial charge on any atom is 0.171 e. The molecule has 0 unspecified atom stereocenters. The molecule has 1 aliphatic heterocycles. The first kappa shape index (κ1) is 13.5. The van der Waals surface area contributed by atoms with Gasteiger partial charge in [-0.1, -0.05) is 0 Å². The second-order valence-corrected chi connectivity index (χ2v) is 4.92. The van der Waals surface area contributed by atoms with Gasteiger partial charge in [0.05, 0.1) is 12.8 Å². The van der Waals surface area contributed by atoms with Crippen LogP contribution in [0.15, 0.2) is 36.7 Å². The van der Waals surface area contributed by atoms with Crippen LogP contribution in [0.3, 0.4) is 0 Å². The monoisotopic (exact) mass is 285 g/mol. The molecule has 6 heteroatoms. The van der Waals surface area contributed by atoms with Crippen LogP contribution in [0.2, 0.25) is 0 Å². The van der Waals surface area contributed by atoms with Gasteiger partial charge in [-0.3, -0.25) is 0 Å². The van der Waals surface area contributed by atoms with E-state index in [9.17, 15) is 0 Å². The zero-order chi connectivity index (χ0) is 14.7. The molecule has 0 aliphatic carbocycles. The van der Waals surface area contributed by atoms with Crippen molar-refractivity contribution in [3.8, 4) is 5.75 Å². The predicted octanol–water partition coefficient (Wildman–Crippen LogP) is 1.39. The van der Waals surface area contributed by atoms with Gasteiger partial charge in [-0.25, -0.2) is 9.97 Å². The fraction of sp³-hybridized carbons (Fsp3) is 0.333. The second kappa shape index (κ2) is 5.87. The van der Waals surface area contributed by atoms with Gasteiger partial charge in [0.2, 0.25) is 0 Å². The third-order valence-electron chi connectivity index (χ3n) is 3.67. The van der Waals surface area contributed by atoms with E-state index in [-0.39, 0.29) is 0 Å². The van der Waals surface area contributed by atoms with E-state index in [1.165, 1.54) is 0 Å². The largest absolute Gasteiger partial charge is 0.493 e. The number of aromatic nitrogens is 2. The third kappa shape index (κ3) is 2.69. The van der Waals surface area contributed by atoms with E-state index in [0.717, 1.165) is 49.3 Å². The molecule has 2 aromatic heterocycles. The van der Waals surface area contributed by atoms with Gasteiger partial charge in [0, 0.05) is 38.6 Å². The minimum Gasteiger partial charge on any atom is -0.493 e. The highest BCUT2D eigenvalue weighted by Crippen LogP contribution is 2.27. The molecular weight excluding hydrogens is 266 g/mol. The van der Waals surface area contributed by atoms with Crippen LogP contribution in [0.5, 0.6) is 5.75 Å². The van der Waals surface area contributed by atoms with Gasteiger partial charge in [0.25, 0.3) is 0 Å². The van der Waals surface area contributed by atoms with Gasteiger partial charge in [-0.2, -0.15) is 0 Å². The molecule has 2 aromatic rings. The van der Waals surface area contributed by atoms with Crippen molar-refractivity contribution in [2.24, 2.45) is 0 Å². The summed E-state index contributed by atoms with van der Waals surface area (Å²) in [6, 6.07) is 7.56. The number of rotatable bonds is 3. The van der Waals surface area contributed by atoms with Crippen LogP contribution in [0.25, 0.3) is 0 Å². The minimum absolute atomic E-state index is 0.723. The Morgan fingerprint density at radius 3 is 2.14 bits per heavy atom. The SMILES string of the molecule is COc1cccnc1N1CCN(c2ncccc2N)CC1. The van der Waals surface area contributed by atoms with E-state index in [4.69, 9.17) is 10.5 Å². The van der Waals surface area contributed by atoms with Crippen molar-refractivity contribution in [1.82, 2.24) is 9.97 Å². The van der Waals surface area contributed by atoms with Crippen molar-refractivity contribution in [3.05, 3.63) is 36.7 Å². The Hall–Kier alpha value is -2.50. The zero-order valence-corrected chi connectivity index (χ0v) is 12.1. The molecule has 0 bridgehead atoms. The van der Waals surface area contributed by atoms with Gasteiger partial charge in [-0.05, 0) is 24.3 Å². The lowest BCUT2D eigenvalue weighted by Gasteiger charge is -2.36. The number of pyridine rings is 2. The second-order valence-electron chi connectivity index (χ2n) is 4.92. The van der Waals surface area contributed by atoms with Crippen LogP contribution in [-0.4, -0.2) is 43.3 Å². The van der Waals surface area contributed by atoms with Gasteiger partial charge in [-0.15, -0.1) is 0 Å². The van der Waals surface area contributed by atoms with E-state index >= 15 is 0 Å². The quantitative estimate of drug-likeness (QED) is 0.919. The Labute approximate surface area is 124 Å². The lowest BCUT2D eigenvalue weighted by atomic mass is 10.2. The minimum atomic E-state index is 0.723. The molecule has 1 saturated heterocycles. The summed E-state index contributed by atoms with van der Waals surface area (Å²) in [5, 5.41) is 0.